The van der Waals surface area contributed by atoms with E-state index in [4.69, 9.17) is 9.47 Å². The zero-order valence-electron chi connectivity index (χ0n) is 18.1. The molecule has 1 saturated heterocycles. The summed E-state index contributed by atoms with van der Waals surface area (Å²) in [7, 11) is 3.54. The predicted molar refractivity (Wildman–Crippen MR) is 121 cm³/mol. The molecular weight excluding hydrogens is 459 g/mol. The van der Waals surface area contributed by atoms with E-state index in [0.29, 0.717) is 12.5 Å². The molecule has 1 unspecified atom stereocenters. The zero-order valence-corrected chi connectivity index (χ0v) is 20.4. The van der Waals surface area contributed by atoms with Crippen molar-refractivity contribution in [2.45, 2.75) is 65.0 Å². The van der Waals surface area contributed by atoms with Crippen LogP contribution in [0.1, 0.15) is 53.9 Å². The number of halogens is 1. The van der Waals surface area contributed by atoms with Crippen LogP contribution in [-0.4, -0.2) is 68.5 Å². The number of hydrogen-bond acceptors (Lipinski definition) is 4. The Bertz CT molecular complexity index is 476. The third kappa shape index (κ3) is 8.85. The van der Waals surface area contributed by atoms with Gasteiger partial charge in [-0.1, -0.05) is 13.8 Å². The molecule has 8 heteroatoms. The number of aliphatic imine (C=N–C) groups is 1. The number of likely N-dealkylation sites (tertiary alicyclic amines) is 1. The third-order valence-corrected chi connectivity index (χ3v) is 4.90. The molecule has 27 heavy (non-hydrogen) atoms. The summed E-state index contributed by atoms with van der Waals surface area (Å²) in [6, 6.07) is 0. The molecule has 1 amide bonds. The summed E-state index contributed by atoms with van der Waals surface area (Å²) in [5.41, 5.74) is -0.878. The van der Waals surface area contributed by atoms with E-state index in [1.807, 2.05) is 20.8 Å². The van der Waals surface area contributed by atoms with E-state index >= 15 is 0 Å². The number of carbonyl (C=O) groups is 1. The van der Waals surface area contributed by atoms with Gasteiger partial charge >= 0.3 is 6.09 Å². The van der Waals surface area contributed by atoms with Gasteiger partial charge in [-0.3, -0.25) is 4.99 Å². The average Bonchev–Trinajstić information content (AvgIpc) is 3.01. The molecule has 0 aromatic carbocycles. The van der Waals surface area contributed by atoms with Crippen LogP contribution < -0.4 is 10.6 Å². The van der Waals surface area contributed by atoms with Crippen LogP contribution in [0.25, 0.3) is 0 Å². The van der Waals surface area contributed by atoms with Crippen molar-refractivity contribution in [3.8, 4) is 0 Å². The fraction of sp³-hybridized carbons (Fsp3) is 0.895. The highest BCUT2D eigenvalue weighted by Gasteiger charge is 2.32. The second-order valence-corrected chi connectivity index (χ2v) is 8.07. The number of guanidine groups is 1. The minimum absolute atomic E-state index is 0. The highest BCUT2D eigenvalue weighted by atomic mass is 127. The van der Waals surface area contributed by atoms with E-state index in [1.54, 1.807) is 14.2 Å². The summed E-state index contributed by atoms with van der Waals surface area (Å²) < 4.78 is 10.7. The number of amides is 1. The van der Waals surface area contributed by atoms with Crippen LogP contribution in [0, 0.1) is 5.92 Å². The summed E-state index contributed by atoms with van der Waals surface area (Å²) in [4.78, 5) is 18.9. The fourth-order valence-electron chi connectivity index (χ4n) is 3.22. The molecule has 1 aliphatic heterocycles. The van der Waals surface area contributed by atoms with E-state index in [1.165, 1.54) is 0 Å². The summed E-state index contributed by atoms with van der Waals surface area (Å²) in [5, 5.41) is 6.52. The van der Waals surface area contributed by atoms with Crippen LogP contribution in [0.4, 0.5) is 4.79 Å². The Labute approximate surface area is 182 Å². The van der Waals surface area contributed by atoms with Crippen molar-refractivity contribution in [1.82, 2.24) is 15.5 Å². The second-order valence-electron chi connectivity index (χ2n) is 8.07. The first-order valence-electron chi connectivity index (χ1n) is 9.64. The molecule has 0 saturated carbocycles. The number of hydrogen-bond donors (Lipinski definition) is 2. The molecule has 7 nitrogen and oxygen atoms in total. The fourth-order valence-corrected chi connectivity index (χ4v) is 3.22. The lowest BCUT2D eigenvalue weighted by atomic mass is 9.93. The Morgan fingerprint density at radius 3 is 2.37 bits per heavy atom. The van der Waals surface area contributed by atoms with Gasteiger partial charge < -0.3 is 25.0 Å². The van der Waals surface area contributed by atoms with Crippen molar-refractivity contribution in [1.29, 1.82) is 0 Å². The van der Waals surface area contributed by atoms with Crippen LogP contribution >= 0.6 is 24.0 Å². The number of rotatable bonds is 7. The van der Waals surface area contributed by atoms with Crippen LogP contribution in [-0.2, 0) is 9.47 Å². The highest BCUT2D eigenvalue weighted by Crippen LogP contribution is 2.19. The molecule has 0 aliphatic carbocycles. The minimum Gasteiger partial charge on any atom is -0.444 e. The summed E-state index contributed by atoms with van der Waals surface area (Å²) >= 11 is 0. The van der Waals surface area contributed by atoms with Gasteiger partial charge in [0, 0.05) is 39.7 Å². The van der Waals surface area contributed by atoms with E-state index in [9.17, 15) is 4.79 Å². The molecule has 0 aromatic rings. The Morgan fingerprint density at radius 2 is 1.89 bits per heavy atom. The van der Waals surface area contributed by atoms with Gasteiger partial charge in [0.25, 0.3) is 0 Å². The number of ether oxygens (including phenoxy) is 2. The van der Waals surface area contributed by atoms with Crippen molar-refractivity contribution in [3.63, 3.8) is 0 Å². The number of carbonyl (C=O) groups excluding carboxylic acids is 1. The average molecular weight is 498 g/mol. The van der Waals surface area contributed by atoms with Gasteiger partial charge in [-0.15, -0.1) is 24.0 Å². The molecule has 0 radical (unpaired) electrons. The van der Waals surface area contributed by atoms with Gasteiger partial charge in [-0.05, 0) is 40.0 Å². The Balaban J connectivity index is 0.00000676. The molecule has 160 valence electrons. The van der Waals surface area contributed by atoms with Gasteiger partial charge in [0.15, 0.2) is 5.96 Å². The third-order valence-electron chi connectivity index (χ3n) is 4.90. The van der Waals surface area contributed by atoms with E-state index < -0.39 is 5.60 Å². The van der Waals surface area contributed by atoms with E-state index in [2.05, 4.69) is 34.4 Å². The largest absolute Gasteiger partial charge is 0.444 e. The maximum atomic E-state index is 12.3. The number of alkyl carbamates (subject to hydrolysis) is 1. The smallest absolute Gasteiger partial charge is 0.408 e. The molecule has 1 atom stereocenters. The monoisotopic (exact) mass is 498 g/mol. The Morgan fingerprint density at radius 1 is 1.26 bits per heavy atom. The lowest BCUT2D eigenvalue weighted by Crippen LogP contribution is -2.57. The van der Waals surface area contributed by atoms with Crippen LogP contribution in [0.5, 0.6) is 0 Å². The van der Waals surface area contributed by atoms with Crippen LogP contribution in [0.2, 0.25) is 0 Å². The van der Waals surface area contributed by atoms with E-state index in [-0.39, 0.29) is 35.6 Å². The summed E-state index contributed by atoms with van der Waals surface area (Å²) in [6.45, 7) is 13.1. The maximum Gasteiger partial charge on any atom is 0.408 e. The number of nitrogens with one attached hydrogen (secondary N) is 2. The molecule has 1 heterocycles. The van der Waals surface area contributed by atoms with Gasteiger partial charge in [0.1, 0.15) is 5.60 Å². The quantitative estimate of drug-likeness (QED) is 0.320. The first kappa shape index (κ1) is 26.2. The van der Waals surface area contributed by atoms with Crippen LogP contribution in [0.15, 0.2) is 4.99 Å². The minimum atomic E-state index is -0.507. The van der Waals surface area contributed by atoms with Crippen molar-refractivity contribution in [2.24, 2.45) is 10.9 Å². The highest BCUT2D eigenvalue weighted by molar-refractivity contribution is 14.0. The molecule has 0 spiro atoms. The number of nitrogens with zero attached hydrogens (tertiary/aromatic N) is 2. The Kier molecular flexibility index (Phi) is 11.6. The summed E-state index contributed by atoms with van der Waals surface area (Å²) in [5.74, 6) is 1.42. The van der Waals surface area contributed by atoms with Crippen molar-refractivity contribution >= 4 is 36.0 Å². The van der Waals surface area contributed by atoms with Crippen LogP contribution in [0.3, 0.4) is 0 Å². The molecule has 0 bridgehead atoms. The standard InChI is InChI=1S/C19H38N4O3.HI/c1-8-19(9-2,22-17(24)26-18(3,4)5)14-21-16(20-6)23-11-10-15(12-23)13-25-7;/h15H,8-14H2,1-7H3,(H,20,21)(H,22,24);1H. The van der Waals surface area contributed by atoms with Crippen molar-refractivity contribution in [3.05, 3.63) is 0 Å². The van der Waals surface area contributed by atoms with Crippen molar-refractivity contribution < 1.29 is 14.3 Å². The lowest BCUT2D eigenvalue weighted by molar-refractivity contribution is 0.0448. The molecule has 1 rings (SSSR count). The van der Waals surface area contributed by atoms with Crippen molar-refractivity contribution in [2.75, 3.05) is 40.4 Å². The van der Waals surface area contributed by atoms with Gasteiger partial charge in [0.2, 0.25) is 0 Å². The Hall–Kier alpha value is -0.770. The van der Waals surface area contributed by atoms with Gasteiger partial charge in [-0.25, -0.2) is 4.79 Å². The second kappa shape index (κ2) is 11.9. The first-order chi connectivity index (χ1) is 12.2. The summed E-state index contributed by atoms with van der Waals surface area (Å²) in [6.07, 6.45) is 2.34. The van der Waals surface area contributed by atoms with E-state index in [0.717, 1.165) is 44.9 Å². The van der Waals surface area contributed by atoms with Gasteiger partial charge in [0.05, 0.1) is 12.1 Å². The van der Waals surface area contributed by atoms with Gasteiger partial charge in [-0.2, -0.15) is 0 Å². The molecule has 0 aromatic heterocycles. The first-order valence-corrected chi connectivity index (χ1v) is 9.64. The zero-order chi connectivity index (χ0) is 19.8. The lowest BCUT2D eigenvalue weighted by Gasteiger charge is -2.35. The molecular formula is C19H39IN4O3. The SMILES string of the molecule is CCC(CC)(CNC(=NC)N1CCC(COC)C1)NC(=O)OC(C)(C)C.I. The maximum absolute atomic E-state index is 12.3. The molecule has 1 aliphatic rings. The number of methoxy groups -OCH3 is 1. The normalized spacial score (nSPS) is 18.1. The molecule has 1 fully saturated rings. The topological polar surface area (TPSA) is 75.2 Å². The molecule has 2 N–H and O–H groups in total. The predicted octanol–water partition coefficient (Wildman–Crippen LogP) is 3.23.